The molecule has 1 saturated heterocycles. The van der Waals surface area contributed by atoms with Gasteiger partial charge in [-0.1, -0.05) is 13.8 Å². The average Bonchev–Trinajstić information content (AvgIpc) is 2.22. The molecule has 1 N–H and O–H groups in total. The highest BCUT2D eigenvalue weighted by molar-refractivity contribution is 7.98. The normalized spacial score (nSPS) is 33.9. The van der Waals surface area contributed by atoms with Crippen molar-refractivity contribution in [1.29, 1.82) is 0 Å². The van der Waals surface area contributed by atoms with E-state index in [9.17, 15) is 0 Å². The van der Waals surface area contributed by atoms with Gasteiger partial charge in [-0.25, -0.2) is 0 Å². The van der Waals surface area contributed by atoms with E-state index >= 15 is 0 Å². The zero-order chi connectivity index (χ0) is 12.1. The largest absolute Gasteiger partial charge is 0.313 e. The summed E-state index contributed by atoms with van der Waals surface area (Å²) in [6.45, 7) is 9.46. The fraction of sp³-hybridized carbons (Fsp3) is 1.00. The third-order valence-electron chi connectivity index (χ3n) is 3.79. The van der Waals surface area contributed by atoms with Crippen molar-refractivity contribution >= 4 is 11.8 Å². The second kappa shape index (κ2) is 6.87. The number of hydrogen-bond donors (Lipinski definition) is 1. The molecule has 0 spiro atoms. The molecule has 3 heteroatoms. The Morgan fingerprint density at radius 3 is 2.75 bits per heavy atom. The molecule has 1 fully saturated rings. The first-order valence-corrected chi connectivity index (χ1v) is 7.86. The minimum atomic E-state index is 0.718. The van der Waals surface area contributed by atoms with Crippen molar-refractivity contribution in [3.05, 3.63) is 0 Å². The molecule has 0 aromatic heterocycles. The van der Waals surface area contributed by atoms with E-state index in [2.05, 4.69) is 44.3 Å². The average molecular weight is 244 g/mol. The summed E-state index contributed by atoms with van der Waals surface area (Å²) >= 11 is 1.95. The molecule has 0 radical (unpaired) electrons. The molecule has 4 unspecified atom stereocenters. The minimum Gasteiger partial charge on any atom is -0.313 e. The number of nitrogens with one attached hydrogen (secondary N) is 1. The molecule has 0 amide bonds. The Morgan fingerprint density at radius 1 is 1.44 bits per heavy atom. The first-order valence-electron chi connectivity index (χ1n) is 6.47. The van der Waals surface area contributed by atoms with Gasteiger partial charge in [0.1, 0.15) is 0 Å². The van der Waals surface area contributed by atoms with Crippen LogP contribution in [-0.2, 0) is 0 Å². The zero-order valence-electron chi connectivity index (χ0n) is 11.5. The highest BCUT2D eigenvalue weighted by Gasteiger charge is 2.28. The van der Waals surface area contributed by atoms with Crippen LogP contribution in [0.2, 0.25) is 0 Å². The van der Waals surface area contributed by atoms with Crippen LogP contribution in [0, 0.1) is 11.8 Å². The summed E-state index contributed by atoms with van der Waals surface area (Å²) < 4.78 is 0. The lowest BCUT2D eigenvalue weighted by molar-refractivity contribution is 0.120. The van der Waals surface area contributed by atoms with Gasteiger partial charge in [0.25, 0.3) is 0 Å². The lowest BCUT2D eigenvalue weighted by Crippen LogP contribution is -2.51. The maximum absolute atomic E-state index is 3.77. The minimum absolute atomic E-state index is 0.718. The van der Waals surface area contributed by atoms with E-state index in [0.29, 0.717) is 0 Å². The van der Waals surface area contributed by atoms with Gasteiger partial charge < -0.3 is 10.2 Å². The van der Waals surface area contributed by atoms with Crippen molar-refractivity contribution < 1.29 is 0 Å². The van der Waals surface area contributed by atoms with Crippen molar-refractivity contribution in [2.45, 2.75) is 39.3 Å². The zero-order valence-corrected chi connectivity index (χ0v) is 12.3. The van der Waals surface area contributed by atoms with Crippen molar-refractivity contribution in [2.24, 2.45) is 11.8 Å². The molecule has 1 aliphatic heterocycles. The van der Waals surface area contributed by atoms with Gasteiger partial charge in [0.15, 0.2) is 0 Å². The Morgan fingerprint density at radius 2 is 2.12 bits per heavy atom. The summed E-state index contributed by atoms with van der Waals surface area (Å²) in [6.07, 6.45) is 3.49. The molecule has 4 atom stereocenters. The van der Waals surface area contributed by atoms with E-state index < -0.39 is 0 Å². The van der Waals surface area contributed by atoms with E-state index in [1.807, 2.05) is 11.8 Å². The molecule has 1 heterocycles. The van der Waals surface area contributed by atoms with E-state index in [1.165, 1.54) is 25.3 Å². The van der Waals surface area contributed by atoms with Crippen LogP contribution in [0.15, 0.2) is 0 Å². The van der Waals surface area contributed by atoms with Crippen LogP contribution >= 0.6 is 11.8 Å². The molecule has 96 valence electrons. The fourth-order valence-electron chi connectivity index (χ4n) is 2.52. The molecule has 0 aromatic rings. The smallest absolute Gasteiger partial charge is 0.0120 e. The van der Waals surface area contributed by atoms with E-state index in [4.69, 9.17) is 0 Å². The molecule has 1 aliphatic rings. The highest BCUT2D eigenvalue weighted by atomic mass is 32.2. The molecule has 1 rings (SSSR count). The molecule has 0 aliphatic carbocycles. The van der Waals surface area contributed by atoms with Gasteiger partial charge in [0.2, 0.25) is 0 Å². The Balaban J connectivity index is 2.30. The van der Waals surface area contributed by atoms with Crippen LogP contribution in [0.3, 0.4) is 0 Å². The topological polar surface area (TPSA) is 15.3 Å². The molecular formula is C13H28N2S. The summed E-state index contributed by atoms with van der Waals surface area (Å²) in [7, 11) is 2.24. The quantitative estimate of drug-likeness (QED) is 0.799. The van der Waals surface area contributed by atoms with Crippen molar-refractivity contribution in [2.75, 3.05) is 32.1 Å². The number of nitrogens with zero attached hydrogens (tertiary/aromatic N) is 1. The molecule has 16 heavy (non-hydrogen) atoms. The summed E-state index contributed by atoms with van der Waals surface area (Å²) in [5, 5.41) is 3.77. The van der Waals surface area contributed by atoms with Crippen molar-refractivity contribution in [3.8, 4) is 0 Å². The van der Waals surface area contributed by atoms with Gasteiger partial charge in [-0.2, -0.15) is 11.8 Å². The van der Waals surface area contributed by atoms with Crippen molar-refractivity contribution in [1.82, 2.24) is 10.2 Å². The Bertz CT molecular complexity index is 198. The predicted molar refractivity (Wildman–Crippen MR) is 75.2 cm³/mol. The van der Waals surface area contributed by atoms with Gasteiger partial charge in [-0.3, -0.25) is 0 Å². The molecule has 0 aromatic carbocycles. The van der Waals surface area contributed by atoms with Crippen LogP contribution in [0.25, 0.3) is 0 Å². The SMILES string of the molecule is CSCC(C)CNC1CC(C)N(C)CC1C. The number of thioether (sulfide) groups is 1. The van der Waals surface area contributed by atoms with Crippen LogP contribution in [0.1, 0.15) is 27.2 Å². The van der Waals surface area contributed by atoms with Crippen LogP contribution in [0.4, 0.5) is 0 Å². The maximum atomic E-state index is 3.77. The second-order valence-corrected chi connectivity index (χ2v) is 6.49. The van der Waals surface area contributed by atoms with E-state index in [-0.39, 0.29) is 0 Å². The summed E-state index contributed by atoms with van der Waals surface area (Å²) in [5.41, 5.74) is 0. The Kier molecular flexibility index (Phi) is 6.16. The number of hydrogen-bond acceptors (Lipinski definition) is 3. The molecule has 0 bridgehead atoms. The third-order valence-corrected chi connectivity index (χ3v) is 4.69. The summed E-state index contributed by atoms with van der Waals surface area (Å²) in [4.78, 5) is 2.48. The van der Waals surface area contributed by atoms with Crippen LogP contribution in [-0.4, -0.2) is 49.1 Å². The van der Waals surface area contributed by atoms with E-state index in [1.54, 1.807) is 0 Å². The highest BCUT2D eigenvalue weighted by Crippen LogP contribution is 2.20. The van der Waals surface area contributed by atoms with Crippen LogP contribution < -0.4 is 5.32 Å². The first-order chi connectivity index (χ1) is 7.54. The maximum Gasteiger partial charge on any atom is 0.0120 e. The number of rotatable bonds is 5. The molecular weight excluding hydrogens is 216 g/mol. The number of piperidine rings is 1. The molecule has 0 saturated carbocycles. The molecule has 2 nitrogen and oxygen atoms in total. The second-order valence-electron chi connectivity index (χ2n) is 5.58. The Hall–Kier alpha value is 0.270. The fourth-order valence-corrected chi connectivity index (χ4v) is 3.21. The summed E-state index contributed by atoms with van der Waals surface area (Å²) in [6, 6.07) is 1.44. The van der Waals surface area contributed by atoms with Crippen molar-refractivity contribution in [3.63, 3.8) is 0 Å². The Labute approximate surface area is 106 Å². The van der Waals surface area contributed by atoms with Gasteiger partial charge in [0, 0.05) is 18.6 Å². The standard InChI is InChI=1S/C13H28N2S/c1-10(9-16-5)7-14-13-6-12(3)15(4)8-11(13)2/h10-14H,6-9H2,1-5H3. The van der Waals surface area contributed by atoms with Gasteiger partial charge >= 0.3 is 0 Å². The van der Waals surface area contributed by atoms with Gasteiger partial charge in [0.05, 0.1) is 0 Å². The lowest BCUT2D eigenvalue weighted by Gasteiger charge is -2.40. The predicted octanol–water partition coefficient (Wildman–Crippen LogP) is 2.30. The van der Waals surface area contributed by atoms with Gasteiger partial charge in [-0.15, -0.1) is 0 Å². The van der Waals surface area contributed by atoms with Gasteiger partial charge in [-0.05, 0) is 50.8 Å². The van der Waals surface area contributed by atoms with E-state index in [0.717, 1.165) is 23.9 Å². The summed E-state index contributed by atoms with van der Waals surface area (Å²) in [5.74, 6) is 2.84. The number of likely N-dealkylation sites (tertiary alicyclic amines) is 1. The lowest BCUT2D eigenvalue weighted by atomic mass is 9.89. The first kappa shape index (κ1) is 14.3. The third kappa shape index (κ3) is 4.27. The monoisotopic (exact) mass is 244 g/mol. The van der Waals surface area contributed by atoms with Crippen LogP contribution in [0.5, 0.6) is 0 Å².